The van der Waals surface area contributed by atoms with Crippen molar-refractivity contribution < 1.29 is 15.0 Å². The molecule has 0 spiro atoms. The topological polar surface area (TPSA) is 70.4 Å². The maximum atomic E-state index is 11.4. The summed E-state index contributed by atoms with van der Waals surface area (Å²) >= 11 is 6.07. The molecule has 4 aromatic rings. The van der Waals surface area contributed by atoms with E-state index < -0.39 is 12.1 Å². The minimum atomic E-state index is -1.03. The second-order valence-electron chi connectivity index (χ2n) is 7.60. The van der Waals surface area contributed by atoms with E-state index in [0.717, 1.165) is 27.7 Å². The van der Waals surface area contributed by atoms with Crippen LogP contribution in [0, 0.1) is 0 Å². The van der Waals surface area contributed by atoms with Crippen LogP contribution in [0.4, 0.5) is 0 Å². The summed E-state index contributed by atoms with van der Waals surface area (Å²) in [4.78, 5) is 16.0. The molecule has 0 radical (unpaired) electrons. The number of hydrogen-bond acceptors (Lipinski definition) is 3. The Morgan fingerprint density at radius 3 is 2.62 bits per heavy atom. The predicted molar refractivity (Wildman–Crippen MR) is 129 cm³/mol. The standard InChI is InChI=1S/C27H22ClNO3/c28-21-12-10-20-11-14-22(29-25(20)17-21)13-8-18-4-3-5-19(16-18)9-15-26(30)23-6-1-2-7-24(23)27(31)32/h1-8,10-14,16-17,26,30H,9,15H2,(H,31,32)/t26-/m0/s1. The smallest absolute Gasteiger partial charge is 0.336 e. The van der Waals surface area contributed by atoms with Gasteiger partial charge in [-0.25, -0.2) is 9.78 Å². The van der Waals surface area contributed by atoms with Gasteiger partial charge in [0.2, 0.25) is 0 Å². The Morgan fingerprint density at radius 1 is 0.969 bits per heavy atom. The van der Waals surface area contributed by atoms with Crippen LogP contribution in [0.15, 0.2) is 78.9 Å². The number of aromatic nitrogens is 1. The molecule has 0 bridgehead atoms. The van der Waals surface area contributed by atoms with Crippen molar-refractivity contribution in [3.8, 4) is 0 Å². The molecule has 0 saturated carbocycles. The zero-order valence-electron chi connectivity index (χ0n) is 17.3. The van der Waals surface area contributed by atoms with Crippen LogP contribution in [0.25, 0.3) is 23.1 Å². The quantitative estimate of drug-likeness (QED) is 0.345. The molecule has 1 aromatic heterocycles. The lowest BCUT2D eigenvalue weighted by Crippen LogP contribution is -2.08. The number of aromatic carboxylic acids is 1. The van der Waals surface area contributed by atoms with Crippen LogP contribution in [-0.4, -0.2) is 21.2 Å². The molecule has 3 aromatic carbocycles. The average Bonchev–Trinajstić information content (AvgIpc) is 2.81. The first-order valence-electron chi connectivity index (χ1n) is 10.3. The molecule has 32 heavy (non-hydrogen) atoms. The molecule has 0 aliphatic rings. The van der Waals surface area contributed by atoms with Crippen LogP contribution in [0.5, 0.6) is 0 Å². The minimum Gasteiger partial charge on any atom is -0.478 e. The maximum Gasteiger partial charge on any atom is 0.336 e. The van der Waals surface area contributed by atoms with Crippen molar-refractivity contribution in [2.75, 3.05) is 0 Å². The normalized spacial score (nSPS) is 12.3. The van der Waals surface area contributed by atoms with E-state index in [1.807, 2.05) is 60.7 Å². The zero-order chi connectivity index (χ0) is 22.5. The summed E-state index contributed by atoms with van der Waals surface area (Å²) in [5, 5.41) is 21.6. The first-order valence-corrected chi connectivity index (χ1v) is 10.7. The highest BCUT2D eigenvalue weighted by atomic mass is 35.5. The highest BCUT2D eigenvalue weighted by molar-refractivity contribution is 6.31. The van der Waals surface area contributed by atoms with E-state index in [2.05, 4.69) is 11.1 Å². The molecule has 0 aliphatic carbocycles. The fourth-order valence-electron chi connectivity index (χ4n) is 3.67. The first kappa shape index (κ1) is 21.8. The van der Waals surface area contributed by atoms with E-state index in [1.54, 1.807) is 18.2 Å². The summed E-state index contributed by atoms with van der Waals surface area (Å²) in [6.07, 6.45) is 4.18. The summed E-state index contributed by atoms with van der Waals surface area (Å²) in [6, 6.07) is 24.3. The van der Waals surface area contributed by atoms with E-state index >= 15 is 0 Å². The van der Waals surface area contributed by atoms with Crippen molar-refractivity contribution in [3.63, 3.8) is 0 Å². The lowest BCUT2D eigenvalue weighted by molar-refractivity contribution is 0.0688. The molecule has 0 saturated heterocycles. The average molecular weight is 444 g/mol. The van der Waals surface area contributed by atoms with E-state index in [1.165, 1.54) is 6.07 Å². The zero-order valence-corrected chi connectivity index (χ0v) is 18.0. The lowest BCUT2D eigenvalue weighted by atomic mass is 9.96. The third kappa shape index (κ3) is 5.22. The Kier molecular flexibility index (Phi) is 6.64. The number of aliphatic hydroxyl groups excluding tert-OH is 1. The fourth-order valence-corrected chi connectivity index (χ4v) is 3.84. The fraction of sp³-hybridized carbons (Fsp3) is 0.111. The van der Waals surface area contributed by atoms with Gasteiger partial charge in [-0.15, -0.1) is 0 Å². The molecule has 1 heterocycles. The van der Waals surface area contributed by atoms with Crippen LogP contribution in [0.3, 0.4) is 0 Å². The Hall–Kier alpha value is -3.47. The molecule has 2 N–H and O–H groups in total. The number of rotatable bonds is 7. The molecule has 4 nitrogen and oxygen atoms in total. The molecule has 0 amide bonds. The molecule has 0 unspecified atom stereocenters. The highest BCUT2D eigenvalue weighted by Crippen LogP contribution is 2.24. The number of fused-ring (bicyclic) bond motifs is 1. The van der Waals surface area contributed by atoms with E-state index in [9.17, 15) is 15.0 Å². The third-order valence-electron chi connectivity index (χ3n) is 5.33. The summed E-state index contributed by atoms with van der Waals surface area (Å²) in [7, 11) is 0. The SMILES string of the molecule is O=C(O)c1ccccc1[C@@H](O)CCc1cccc(C=Cc2ccc3ccc(Cl)cc3n2)c1. The van der Waals surface area contributed by atoms with Gasteiger partial charge in [0.15, 0.2) is 0 Å². The van der Waals surface area contributed by atoms with Gasteiger partial charge in [0.25, 0.3) is 0 Å². The maximum absolute atomic E-state index is 11.4. The summed E-state index contributed by atoms with van der Waals surface area (Å²) < 4.78 is 0. The number of carboxylic acids is 1. The molecule has 5 heteroatoms. The number of carboxylic acid groups (broad SMARTS) is 1. The van der Waals surface area contributed by atoms with E-state index in [4.69, 9.17) is 11.6 Å². The first-order chi connectivity index (χ1) is 15.5. The van der Waals surface area contributed by atoms with Gasteiger partial charge in [-0.2, -0.15) is 0 Å². The number of hydrogen-bond donors (Lipinski definition) is 2. The molecule has 4 rings (SSSR count). The molecule has 1 atom stereocenters. The van der Waals surface area contributed by atoms with Crippen LogP contribution in [0.2, 0.25) is 5.02 Å². The van der Waals surface area contributed by atoms with Gasteiger partial charge in [-0.05, 0) is 59.9 Å². The van der Waals surface area contributed by atoms with Gasteiger partial charge in [-0.3, -0.25) is 0 Å². The number of benzene rings is 3. The molecular formula is C27H22ClNO3. The second kappa shape index (κ2) is 9.77. The minimum absolute atomic E-state index is 0.140. The van der Waals surface area contributed by atoms with Gasteiger partial charge in [-0.1, -0.05) is 72.3 Å². The van der Waals surface area contributed by atoms with Crippen molar-refractivity contribution in [1.82, 2.24) is 4.98 Å². The van der Waals surface area contributed by atoms with Crippen molar-refractivity contribution in [2.24, 2.45) is 0 Å². The lowest BCUT2D eigenvalue weighted by Gasteiger charge is -2.13. The Balaban J connectivity index is 1.45. The Morgan fingerprint density at radius 2 is 1.78 bits per heavy atom. The van der Waals surface area contributed by atoms with Crippen molar-refractivity contribution >= 4 is 40.6 Å². The van der Waals surface area contributed by atoms with Crippen molar-refractivity contribution in [1.29, 1.82) is 0 Å². The van der Waals surface area contributed by atoms with Crippen molar-refractivity contribution in [2.45, 2.75) is 18.9 Å². The van der Waals surface area contributed by atoms with Gasteiger partial charge >= 0.3 is 5.97 Å². The summed E-state index contributed by atoms with van der Waals surface area (Å²) in [5.74, 6) is -1.03. The number of nitrogens with zero attached hydrogens (tertiary/aromatic N) is 1. The molecule has 160 valence electrons. The Labute approximate surface area is 191 Å². The molecular weight excluding hydrogens is 422 g/mol. The van der Waals surface area contributed by atoms with Gasteiger partial charge in [0.05, 0.1) is 22.9 Å². The second-order valence-corrected chi connectivity index (χ2v) is 8.03. The number of carbonyl (C=O) groups is 1. The number of aliphatic hydroxyl groups is 1. The largest absolute Gasteiger partial charge is 0.478 e. The van der Waals surface area contributed by atoms with Crippen molar-refractivity contribution in [3.05, 3.63) is 112 Å². The number of halogens is 1. The summed E-state index contributed by atoms with van der Waals surface area (Å²) in [5.41, 5.74) is 4.36. The van der Waals surface area contributed by atoms with Crippen LogP contribution >= 0.6 is 11.6 Å². The molecule has 0 fully saturated rings. The monoisotopic (exact) mass is 443 g/mol. The molecule has 0 aliphatic heterocycles. The van der Waals surface area contributed by atoms with Gasteiger partial charge in [0.1, 0.15) is 0 Å². The van der Waals surface area contributed by atoms with Crippen LogP contribution < -0.4 is 0 Å². The van der Waals surface area contributed by atoms with Gasteiger partial charge < -0.3 is 10.2 Å². The predicted octanol–water partition coefficient (Wildman–Crippen LogP) is 6.42. The van der Waals surface area contributed by atoms with Crippen LogP contribution in [-0.2, 0) is 6.42 Å². The Bertz CT molecular complexity index is 1300. The van der Waals surface area contributed by atoms with Gasteiger partial charge in [0, 0.05) is 10.4 Å². The third-order valence-corrected chi connectivity index (χ3v) is 5.57. The van der Waals surface area contributed by atoms with E-state index in [0.29, 0.717) is 23.4 Å². The van der Waals surface area contributed by atoms with Crippen LogP contribution in [0.1, 0.15) is 45.3 Å². The number of aryl methyl sites for hydroxylation is 1. The number of pyridine rings is 1. The highest BCUT2D eigenvalue weighted by Gasteiger charge is 2.16. The summed E-state index contributed by atoms with van der Waals surface area (Å²) in [6.45, 7) is 0. The van der Waals surface area contributed by atoms with E-state index in [-0.39, 0.29) is 5.56 Å².